The molecule has 5 fully saturated rings. The maximum absolute atomic E-state index is 14.9. The third-order valence-electron chi connectivity index (χ3n) is 12.3. The Kier molecular flexibility index (Phi) is 15.8. The van der Waals surface area contributed by atoms with Gasteiger partial charge < -0.3 is 65.0 Å². The number of aliphatic hydroxyl groups excluding tert-OH is 6. The third kappa shape index (κ3) is 9.60. The number of rotatable bonds is 21. The van der Waals surface area contributed by atoms with Gasteiger partial charge in [0.2, 0.25) is 11.8 Å². The summed E-state index contributed by atoms with van der Waals surface area (Å²) in [6, 6.07) is 4.64. The lowest BCUT2D eigenvalue weighted by atomic mass is 9.62. The van der Waals surface area contributed by atoms with Crippen molar-refractivity contribution >= 4 is 23.9 Å². The molecule has 60 heavy (non-hydrogen) atoms. The molecule has 2 amide bonds. The standard InChI is InChI=1S/C42H63N3O15/c1-4-6-8-15-41(16-9-7-5-2)58-33-27-21-42(40(54)44-29(24(3)48)37(52)43-17-18-46)35(38(53)56-27)45(60-36(42)34(33)59-41)22-26-13-10-12-25(20-26)14-11-19-55-39-32(51)31(50)30(49)28(23-47)57-39/h10-14,20,24,27-36,39,46-51H,4-9,15-19,21-23H2,1-3H3,(H,43,52)(H,44,54). The second-order valence-corrected chi connectivity index (χ2v) is 16.6. The molecule has 2 bridgehead atoms. The summed E-state index contributed by atoms with van der Waals surface area (Å²) >= 11 is 0. The highest BCUT2D eigenvalue weighted by Crippen LogP contribution is 2.58. The molecule has 5 aliphatic rings. The molecule has 1 aromatic carbocycles. The van der Waals surface area contributed by atoms with E-state index < -0.39 is 109 Å². The summed E-state index contributed by atoms with van der Waals surface area (Å²) in [6.07, 6.45) is -1.47. The minimum absolute atomic E-state index is 0.0168. The molecule has 6 rings (SSSR count). The van der Waals surface area contributed by atoms with E-state index in [1.807, 2.05) is 18.2 Å². The SMILES string of the molecule is CCCCCC1(CCCCC)OC2C3CC4(C(=O)NC(C(=O)NCCO)C(C)O)C(ON(Cc5cccc(C=CCOC6OC(CO)C(O)C(O)C6O)c5)C4C(=O)O3)C2O1. The molecule has 8 N–H and O–H groups in total. The first-order valence-corrected chi connectivity index (χ1v) is 21.4. The van der Waals surface area contributed by atoms with Crippen LogP contribution in [0.5, 0.6) is 0 Å². The molecule has 18 nitrogen and oxygen atoms in total. The Labute approximate surface area is 350 Å². The number of ether oxygens (including phenoxy) is 5. The van der Waals surface area contributed by atoms with Crippen LogP contribution in [0.1, 0.15) is 89.7 Å². The number of hydrogen-bond donors (Lipinski definition) is 8. The van der Waals surface area contributed by atoms with Crippen LogP contribution < -0.4 is 10.6 Å². The average Bonchev–Trinajstić information content (AvgIpc) is 3.79. The zero-order valence-corrected chi connectivity index (χ0v) is 34.6. The monoisotopic (exact) mass is 849 g/mol. The Morgan fingerprint density at radius 3 is 2.40 bits per heavy atom. The van der Waals surface area contributed by atoms with Gasteiger partial charge in [-0.2, -0.15) is 5.06 Å². The van der Waals surface area contributed by atoms with Gasteiger partial charge >= 0.3 is 5.97 Å². The van der Waals surface area contributed by atoms with Crippen LogP contribution in [0.15, 0.2) is 30.3 Å². The molecule has 0 radical (unpaired) electrons. The fourth-order valence-corrected chi connectivity index (χ4v) is 9.18. The number of nitrogens with zero attached hydrogens (tertiary/aromatic N) is 1. The summed E-state index contributed by atoms with van der Waals surface area (Å²) in [5, 5.41) is 66.5. The Morgan fingerprint density at radius 1 is 1.02 bits per heavy atom. The largest absolute Gasteiger partial charge is 0.458 e. The summed E-state index contributed by atoms with van der Waals surface area (Å²) < 4.78 is 30.9. The Hall–Kier alpha value is -3.11. The lowest BCUT2D eigenvalue weighted by Crippen LogP contribution is -2.71. The summed E-state index contributed by atoms with van der Waals surface area (Å²) in [4.78, 5) is 48.9. The number of fused-ring (bicyclic) bond motifs is 4. The first kappa shape index (κ1) is 46.4. The molecule has 4 heterocycles. The molecule has 1 aromatic rings. The van der Waals surface area contributed by atoms with Crippen molar-refractivity contribution in [3.05, 3.63) is 41.5 Å². The highest BCUT2D eigenvalue weighted by Gasteiger charge is 2.76. The predicted molar refractivity (Wildman–Crippen MR) is 211 cm³/mol. The maximum atomic E-state index is 14.9. The smallest absolute Gasteiger partial charge is 0.327 e. The molecular formula is C42H63N3O15. The zero-order chi connectivity index (χ0) is 43.2. The van der Waals surface area contributed by atoms with Gasteiger partial charge in [-0.25, -0.2) is 0 Å². The lowest BCUT2D eigenvalue weighted by molar-refractivity contribution is -0.298. The minimum atomic E-state index is -1.61. The van der Waals surface area contributed by atoms with Crippen molar-refractivity contribution in [1.29, 1.82) is 0 Å². The Morgan fingerprint density at radius 2 is 1.73 bits per heavy atom. The van der Waals surface area contributed by atoms with Gasteiger partial charge in [0.25, 0.3) is 0 Å². The van der Waals surface area contributed by atoms with Crippen molar-refractivity contribution in [3.8, 4) is 0 Å². The average molecular weight is 850 g/mol. The van der Waals surface area contributed by atoms with Crippen LogP contribution in [-0.2, 0) is 49.5 Å². The van der Waals surface area contributed by atoms with E-state index in [0.717, 1.165) is 44.1 Å². The van der Waals surface area contributed by atoms with Crippen LogP contribution in [0.2, 0.25) is 0 Å². The number of carbonyl (C=O) groups is 3. The van der Waals surface area contributed by atoms with Gasteiger partial charge in [0, 0.05) is 25.8 Å². The number of benzene rings is 1. The lowest BCUT2D eigenvalue weighted by Gasteiger charge is -2.49. The van der Waals surface area contributed by atoms with E-state index >= 15 is 0 Å². The van der Waals surface area contributed by atoms with Crippen LogP contribution in [0, 0.1) is 5.41 Å². The van der Waals surface area contributed by atoms with Crippen LogP contribution >= 0.6 is 0 Å². The van der Waals surface area contributed by atoms with Gasteiger partial charge in [-0.15, -0.1) is 0 Å². The predicted octanol–water partition coefficient (Wildman–Crippen LogP) is -0.0688. The molecule has 13 unspecified atom stereocenters. The van der Waals surface area contributed by atoms with Gasteiger partial charge in [-0.3, -0.25) is 19.2 Å². The highest BCUT2D eigenvalue weighted by atomic mass is 16.8. The van der Waals surface area contributed by atoms with Gasteiger partial charge in [-0.05, 0) is 30.9 Å². The summed E-state index contributed by atoms with van der Waals surface area (Å²) in [5.41, 5.74) is -0.183. The zero-order valence-electron chi connectivity index (χ0n) is 34.6. The number of unbranched alkanes of at least 4 members (excludes halogenated alkanes) is 4. The Bertz CT molecular complexity index is 1640. The number of amides is 2. The highest BCUT2D eigenvalue weighted by molar-refractivity contribution is 5.96. The summed E-state index contributed by atoms with van der Waals surface area (Å²) in [7, 11) is 0. The second kappa shape index (κ2) is 20.4. The molecule has 4 aliphatic heterocycles. The number of hydroxylamine groups is 2. The normalized spacial score (nSPS) is 34.2. The number of aliphatic hydroxyl groups is 6. The topological polar surface area (TPSA) is 255 Å². The number of carbonyl (C=O) groups excluding carboxylic acids is 3. The van der Waals surface area contributed by atoms with Crippen LogP contribution in [-0.4, -0.2) is 159 Å². The van der Waals surface area contributed by atoms with Crippen molar-refractivity contribution in [2.24, 2.45) is 5.41 Å². The van der Waals surface area contributed by atoms with Gasteiger partial charge in [-0.1, -0.05) is 75.9 Å². The van der Waals surface area contributed by atoms with Crippen molar-refractivity contribution in [3.63, 3.8) is 0 Å². The van der Waals surface area contributed by atoms with Crippen molar-refractivity contribution in [1.82, 2.24) is 15.7 Å². The summed E-state index contributed by atoms with van der Waals surface area (Å²) in [6.45, 7) is 4.57. The van der Waals surface area contributed by atoms with E-state index in [2.05, 4.69) is 24.5 Å². The van der Waals surface area contributed by atoms with E-state index in [-0.39, 0.29) is 32.7 Å². The first-order chi connectivity index (χ1) is 28.8. The first-order valence-electron chi connectivity index (χ1n) is 21.4. The van der Waals surface area contributed by atoms with Gasteiger partial charge in [0.05, 0.1) is 32.5 Å². The fraction of sp³-hybridized carbons (Fsp3) is 0.738. The quantitative estimate of drug-likeness (QED) is 0.0595. The molecule has 4 saturated heterocycles. The van der Waals surface area contributed by atoms with Crippen LogP contribution in [0.3, 0.4) is 0 Å². The molecule has 1 aliphatic carbocycles. The molecule has 0 spiro atoms. The van der Waals surface area contributed by atoms with E-state index in [1.54, 1.807) is 18.2 Å². The second-order valence-electron chi connectivity index (χ2n) is 16.6. The molecule has 1 saturated carbocycles. The van der Waals surface area contributed by atoms with Crippen molar-refractivity contribution in [2.75, 3.05) is 26.4 Å². The number of nitrogens with one attached hydrogen (secondary N) is 2. The third-order valence-corrected chi connectivity index (χ3v) is 12.3. The molecular weight excluding hydrogens is 786 g/mol. The van der Waals surface area contributed by atoms with E-state index in [4.69, 9.17) is 28.5 Å². The van der Waals surface area contributed by atoms with E-state index in [1.165, 1.54) is 12.0 Å². The minimum Gasteiger partial charge on any atom is -0.458 e. The molecule has 13 atom stereocenters. The van der Waals surface area contributed by atoms with E-state index in [0.29, 0.717) is 18.4 Å². The number of hydrogen-bond acceptors (Lipinski definition) is 16. The summed E-state index contributed by atoms with van der Waals surface area (Å²) in [5.74, 6) is -3.06. The molecule has 18 heteroatoms. The van der Waals surface area contributed by atoms with Gasteiger partial charge in [0.1, 0.15) is 60.3 Å². The van der Waals surface area contributed by atoms with Crippen LogP contribution in [0.4, 0.5) is 0 Å². The van der Waals surface area contributed by atoms with Gasteiger partial charge in [0.15, 0.2) is 18.1 Å². The molecule has 336 valence electrons. The van der Waals surface area contributed by atoms with E-state index in [9.17, 15) is 45.0 Å². The van der Waals surface area contributed by atoms with Crippen molar-refractivity contribution in [2.45, 2.75) is 164 Å². The maximum Gasteiger partial charge on any atom is 0.327 e. The van der Waals surface area contributed by atoms with Crippen molar-refractivity contribution < 1.29 is 73.5 Å². The number of esters is 1. The molecule has 0 aromatic heterocycles. The fourth-order valence-electron chi connectivity index (χ4n) is 9.18. The van der Waals surface area contributed by atoms with Crippen LogP contribution in [0.25, 0.3) is 6.08 Å². The Balaban J connectivity index is 1.26.